The fraction of sp³-hybridized carbons (Fsp3) is 0.250. The minimum Gasteiger partial charge on any atom is -0.372 e. The van der Waals surface area contributed by atoms with E-state index in [4.69, 9.17) is 6.42 Å². The lowest BCUT2D eigenvalue weighted by Crippen LogP contribution is -2.19. The first-order chi connectivity index (χ1) is 7.06. The SMILES string of the molecule is C#CC(C)(O)c1nn(C)c2ccccc12. The zero-order valence-electron chi connectivity index (χ0n) is 8.73. The first kappa shape index (κ1) is 9.75. The van der Waals surface area contributed by atoms with Gasteiger partial charge in [-0.15, -0.1) is 6.42 Å². The third kappa shape index (κ3) is 1.39. The molecule has 0 spiro atoms. The van der Waals surface area contributed by atoms with Crippen molar-refractivity contribution in [2.24, 2.45) is 7.05 Å². The summed E-state index contributed by atoms with van der Waals surface area (Å²) in [6.07, 6.45) is 5.29. The molecule has 0 aliphatic rings. The molecule has 1 aromatic heterocycles. The topological polar surface area (TPSA) is 38.1 Å². The van der Waals surface area contributed by atoms with Crippen molar-refractivity contribution in [3.05, 3.63) is 30.0 Å². The number of para-hydroxylation sites is 1. The second-order valence-corrected chi connectivity index (χ2v) is 3.71. The summed E-state index contributed by atoms with van der Waals surface area (Å²) in [6.45, 7) is 1.57. The third-order valence-electron chi connectivity index (χ3n) is 2.50. The number of hydrogen-bond donors (Lipinski definition) is 1. The third-order valence-corrected chi connectivity index (χ3v) is 2.50. The van der Waals surface area contributed by atoms with Crippen LogP contribution in [0, 0.1) is 12.3 Å². The van der Waals surface area contributed by atoms with Gasteiger partial charge in [-0.05, 0) is 13.0 Å². The first-order valence-electron chi connectivity index (χ1n) is 4.68. The summed E-state index contributed by atoms with van der Waals surface area (Å²) in [4.78, 5) is 0. The molecule has 0 fully saturated rings. The van der Waals surface area contributed by atoms with Gasteiger partial charge in [-0.2, -0.15) is 5.10 Å². The van der Waals surface area contributed by atoms with E-state index >= 15 is 0 Å². The highest BCUT2D eigenvalue weighted by Crippen LogP contribution is 2.26. The van der Waals surface area contributed by atoms with Gasteiger partial charge in [-0.25, -0.2) is 0 Å². The monoisotopic (exact) mass is 200 g/mol. The molecule has 0 saturated heterocycles. The van der Waals surface area contributed by atoms with E-state index in [2.05, 4.69) is 11.0 Å². The molecule has 0 amide bonds. The van der Waals surface area contributed by atoms with Crippen molar-refractivity contribution in [3.63, 3.8) is 0 Å². The highest BCUT2D eigenvalue weighted by Gasteiger charge is 2.26. The molecule has 76 valence electrons. The molecular formula is C12H12N2O. The van der Waals surface area contributed by atoms with Crippen LogP contribution in [0.4, 0.5) is 0 Å². The van der Waals surface area contributed by atoms with E-state index in [1.54, 1.807) is 11.6 Å². The van der Waals surface area contributed by atoms with Gasteiger partial charge in [0.15, 0.2) is 5.60 Å². The summed E-state index contributed by atoms with van der Waals surface area (Å²) in [7, 11) is 1.83. The molecule has 3 nitrogen and oxygen atoms in total. The van der Waals surface area contributed by atoms with Crippen LogP contribution in [0.25, 0.3) is 10.9 Å². The zero-order chi connectivity index (χ0) is 11.1. The summed E-state index contributed by atoms with van der Waals surface area (Å²) in [5.74, 6) is 2.34. The molecule has 1 unspecified atom stereocenters. The Morgan fingerprint density at radius 1 is 1.47 bits per heavy atom. The number of rotatable bonds is 1. The van der Waals surface area contributed by atoms with Gasteiger partial charge in [0, 0.05) is 12.4 Å². The zero-order valence-corrected chi connectivity index (χ0v) is 8.73. The van der Waals surface area contributed by atoms with Gasteiger partial charge in [0.1, 0.15) is 5.69 Å². The number of aliphatic hydroxyl groups is 1. The second kappa shape index (κ2) is 3.11. The lowest BCUT2D eigenvalue weighted by atomic mass is 10.0. The molecule has 1 aromatic carbocycles. The van der Waals surface area contributed by atoms with Gasteiger partial charge in [0.2, 0.25) is 0 Å². The fourth-order valence-electron chi connectivity index (χ4n) is 1.64. The van der Waals surface area contributed by atoms with Crippen LogP contribution >= 0.6 is 0 Å². The van der Waals surface area contributed by atoms with Crippen molar-refractivity contribution in [1.82, 2.24) is 9.78 Å². The van der Waals surface area contributed by atoms with Crippen LogP contribution in [-0.2, 0) is 12.6 Å². The molecule has 3 heteroatoms. The number of terminal acetylenes is 1. The molecule has 2 aromatic rings. The molecule has 0 saturated carbocycles. The van der Waals surface area contributed by atoms with E-state index < -0.39 is 5.60 Å². The Kier molecular flexibility index (Phi) is 2.02. The highest BCUT2D eigenvalue weighted by molar-refractivity contribution is 5.83. The summed E-state index contributed by atoms with van der Waals surface area (Å²) in [5.41, 5.74) is 0.173. The minimum atomic E-state index is -1.32. The van der Waals surface area contributed by atoms with Crippen LogP contribution in [0.2, 0.25) is 0 Å². The molecule has 0 radical (unpaired) electrons. The molecule has 0 bridgehead atoms. The Labute approximate surface area is 88.3 Å². The summed E-state index contributed by atoms with van der Waals surface area (Å²) >= 11 is 0. The smallest absolute Gasteiger partial charge is 0.167 e. The van der Waals surface area contributed by atoms with Crippen LogP contribution < -0.4 is 0 Å². The van der Waals surface area contributed by atoms with Gasteiger partial charge < -0.3 is 5.11 Å². The number of benzene rings is 1. The number of fused-ring (bicyclic) bond motifs is 1. The Morgan fingerprint density at radius 2 is 2.13 bits per heavy atom. The maximum atomic E-state index is 9.99. The Hall–Kier alpha value is -1.79. The maximum Gasteiger partial charge on any atom is 0.167 e. The molecule has 1 atom stereocenters. The van der Waals surface area contributed by atoms with Gasteiger partial charge in [-0.1, -0.05) is 24.1 Å². The van der Waals surface area contributed by atoms with Gasteiger partial charge in [-0.3, -0.25) is 4.68 Å². The number of aryl methyl sites for hydroxylation is 1. The van der Waals surface area contributed by atoms with Crippen molar-refractivity contribution in [1.29, 1.82) is 0 Å². The number of hydrogen-bond acceptors (Lipinski definition) is 2. The van der Waals surface area contributed by atoms with E-state index in [1.807, 2.05) is 31.3 Å². The highest BCUT2D eigenvalue weighted by atomic mass is 16.3. The van der Waals surface area contributed by atoms with E-state index in [1.165, 1.54) is 0 Å². The van der Waals surface area contributed by atoms with Crippen molar-refractivity contribution in [2.45, 2.75) is 12.5 Å². The normalized spacial score (nSPS) is 14.8. The lowest BCUT2D eigenvalue weighted by molar-refractivity contribution is 0.118. The van der Waals surface area contributed by atoms with Gasteiger partial charge in [0.05, 0.1) is 5.52 Å². The van der Waals surface area contributed by atoms with E-state index in [9.17, 15) is 5.11 Å². The van der Waals surface area contributed by atoms with Gasteiger partial charge in [0.25, 0.3) is 0 Å². The average Bonchev–Trinajstić information content (AvgIpc) is 2.58. The average molecular weight is 200 g/mol. The van der Waals surface area contributed by atoms with Crippen LogP contribution in [0.3, 0.4) is 0 Å². The molecule has 0 aliphatic carbocycles. The number of aromatic nitrogens is 2. The molecular weight excluding hydrogens is 188 g/mol. The van der Waals surface area contributed by atoms with Crippen molar-refractivity contribution in [3.8, 4) is 12.3 Å². The molecule has 2 rings (SSSR count). The van der Waals surface area contributed by atoms with E-state index in [0.717, 1.165) is 10.9 Å². The summed E-state index contributed by atoms with van der Waals surface area (Å²) < 4.78 is 1.72. The van der Waals surface area contributed by atoms with Crippen molar-refractivity contribution < 1.29 is 5.11 Å². The quantitative estimate of drug-likeness (QED) is 0.707. The van der Waals surface area contributed by atoms with Crippen LogP contribution in [-0.4, -0.2) is 14.9 Å². The largest absolute Gasteiger partial charge is 0.372 e. The Morgan fingerprint density at radius 3 is 2.80 bits per heavy atom. The maximum absolute atomic E-state index is 9.99. The molecule has 1 N–H and O–H groups in total. The van der Waals surface area contributed by atoms with Crippen LogP contribution in [0.1, 0.15) is 12.6 Å². The van der Waals surface area contributed by atoms with E-state index in [0.29, 0.717) is 5.69 Å². The fourth-order valence-corrected chi connectivity index (χ4v) is 1.64. The summed E-state index contributed by atoms with van der Waals surface area (Å²) in [5, 5.41) is 15.1. The molecule has 0 aliphatic heterocycles. The summed E-state index contributed by atoms with van der Waals surface area (Å²) in [6, 6.07) is 7.68. The van der Waals surface area contributed by atoms with Crippen molar-refractivity contribution in [2.75, 3.05) is 0 Å². The standard InChI is InChI=1S/C12H12N2O/c1-4-12(2,15)11-9-7-5-6-8-10(9)14(3)13-11/h1,5-8,15H,2-3H3. The van der Waals surface area contributed by atoms with Gasteiger partial charge >= 0.3 is 0 Å². The van der Waals surface area contributed by atoms with E-state index in [-0.39, 0.29) is 0 Å². The van der Waals surface area contributed by atoms with Crippen molar-refractivity contribution >= 4 is 10.9 Å². The number of nitrogens with zero attached hydrogens (tertiary/aromatic N) is 2. The molecule has 1 heterocycles. The lowest BCUT2D eigenvalue weighted by Gasteiger charge is -2.13. The Balaban J connectivity index is 2.80. The predicted octanol–water partition coefficient (Wildman–Crippen LogP) is 1.41. The molecule has 15 heavy (non-hydrogen) atoms. The first-order valence-corrected chi connectivity index (χ1v) is 4.68. The van der Waals surface area contributed by atoms with Crippen LogP contribution in [0.15, 0.2) is 24.3 Å². The second-order valence-electron chi connectivity index (χ2n) is 3.71. The predicted molar refractivity (Wildman–Crippen MR) is 59.1 cm³/mol. The van der Waals surface area contributed by atoms with Crippen LogP contribution in [0.5, 0.6) is 0 Å². The minimum absolute atomic E-state index is 0.531. The Bertz CT molecular complexity index is 546.